The molecule has 0 fully saturated rings. The van der Waals surface area contributed by atoms with Crippen LogP contribution in [-0.4, -0.2) is 41.6 Å². The number of nitrogens with zero attached hydrogens (tertiary/aromatic N) is 2. The normalized spacial score (nSPS) is 14.4. The zero-order valence-electron chi connectivity index (χ0n) is 17.0. The molecule has 1 aliphatic heterocycles. The lowest BCUT2D eigenvalue weighted by molar-refractivity contribution is 0.258. The highest BCUT2D eigenvalue weighted by Crippen LogP contribution is 2.35. The molecule has 0 spiro atoms. The minimum absolute atomic E-state index is 0.255. The average Bonchev–Trinajstić information content (AvgIpc) is 3.14. The number of nitrogens with two attached hydrogens (primary N) is 1. The number of halogens is 1. The highest BCUT2D eigenvalue weighted by atomic mass is 19.1. The number of H-pyrrole nitrogens is 1. The van der Waals surface area contributed by atoms with E-state index in [-0.39, 0.29) is 11.6 Å². The third kappa shape index (κ3) is 3.22. The van der Waals surface area contributed by atoms with Gasteiger partial charge in [-0.15, -0.1) is 0 Å². The fourth-order valence-corrected chi connectivity index (χ4v) is 4.58. The predicted molar refractivity (Wildman–Crippen MR) is 117 cm³/mol. The summed E-state index contributed by atoms with van der Waals surface area (Å²) in [6, 6.07) is 13.5. The molecule has 30 heavy (non-hydrogen) atoms. The lowest BCUT2D eigenvalue weighted by Crippen LogP contribution is -2.35. The Balaban J connectivity index is 1.66. The SMILES string of the molecule is COc1ccc(Cc2nc3c(c4c2[nH]c2ccccc24)CCN(CCN)C3)cc1F. The van der Waals surface area contributed by atoms with Crippen molar-refractivity contribution in [3.05, 3.63) is 70.8 Å². The van der Waals surface area contributed by atoms with Gasteiger partial charge in [0.05, 0.1) is 24.0 Å². The van der Waals surface area contributed by atoms with Crippen LogP contribution in [0.2, 0.25) is 0 Å². The zero-order chi connectivity index (χ0) is 20.7. The van der Waals surface area contributed by atoms with Crippen LogP contribution in [0.1, 0.15) is 22.5 Å². The second-order valence-corrected chi connectivity index (χ2v) is 7.86. The van der Waals surface area contributed by atoms with E-state index in [2.05, 4.69) is 28.1 Å². The summed E-state index contributed by atoms with van der Waals surface area (Å²) in [5, 5.41) is 2.48. The summed E-state index contributed by atoms with van der Waals surface area (Å²) in [6.45, 7) is 3.30. The maximum Gasteiger partial charge on any atom is 0.165 e. The van der Waals surface area contributed by atoms with Gasteiger partial charge in [-0.25, -0.2) is 4.39 Å². The van der Waals surface area contributed by atoms with Gasteiger partial charge in [0.15, 0.2) is 11.6 Å². The van der Waals surface area contributed by atoms with E-state index in [1.54, 1.807) is 6.07 Å². The molecule has 4 aromatic rings. The van der Waals surface area contributed by atoms with Crippen LogP contribution in [0.4, 0.5) is 4.39 Å². The van der Waals surface area contributed by atoms with Crippen LogP contribution in [0.5, 0.6) is 5.75 Å². The van der Waals surface area contributed by atoms with Gasteiger partial charge >= 0.3 is 0 Å². The second kappa shape index (κ2) is 7.70. The van der Waals surface area contributed by atoms with Crippen molar-refractivity contribution in [3.8, 4) is 5.75 Å². The largest absolute Gasteiger partial charge is 0.494 e. The molecule has 0 atom stereocenters. The third-order valence-electron chi connectivity index (χ3n) is 6.00. The van der Waals surface area contributed by atoms with E-state index in [1.165, 1.54) is 29.5 Å². The zero-order valence-corrected chi connectivity index (χ0v) is 17.0. The lowest BCUT2D eigenvalue weighted by Gasteiger charge is -2.28. The molecule has 0 saturated carbocycles. The third-order valence-corrected chi connectivity index (χ3v) is 6.00. The molecule has 2 aromatic heterocycles. The molecule has 0 amide bonds. The topological polar surface area (TPSA) is 67.2 Å². The van der Waals surface area contributed by atoms with Crippen LogP contribution in [0.25, 0.3) is 21.8 Å². The number of pyridine rings is 1. The molecule has 3 heterocycles. The lowest BCUT2D eigenvalue weighted by atomic mass is 9.96. The van der Waals surface area contributed by atoms with Gasteiger partial charge in [-0.1, -0.05) is 24.3 Å². The highest BCUT2D eigenvalue weighted by molar-refractivity contribution is 6.10. The number of methoxy groups -OCH3 is 1. The van der Waals surface area contributed by atoms with E-state index in [0.717, 1.165) is 54.0 Å². The molecule has 6 heteroatoms. The maximum atomic E-state index is 14.3. The van der Waals surface area contributed by atoms with Gasteiger partial charge in [0.2, 0.25) is 0 Å². The molecule has 0 bridgehead atoms. The molecule has 0 unspecified atom stereocenters. The van der Waals surface area contributed by atoms with Crippen molar-refractivity contribution >= 4 is 21.8 Å². The maximum absolute atomic E-state index is 14.3. The number of fused-ring (bicyclic) bond motifs is 5. The fraction of sp³-hybridized carbons (Fsp3) is 0.292. The Morgan fingerprint density at radius 1 is 1.23 bits per heavy atom. The smallest absolute Gasteiger partial charge is 0.165 e. The first-order valence-electron chi connectivity index (χ1n) is 10.3. The molecular weight excluding hydrogens is 379 g/mol. The summed E-state index contributed by atoms with van der Waals surface area (Å²) < 4.78 is 19.3. The van der Waals surface area contributed by atoms with E-state index < -0.39 is 0 Å². The number of rotatable bonds is 5. The molecule has 2 aromatic carbocycles. The molecule has 0 saturated heterocycles. The van der Waals surface area contributed by atoms with Crippen LogP contribution in [0, 0.1) is 5.82 Å². The Morgan fingerprint density at radius 3 is 2.90 bits per heavy atom. The van der Waals surface area contributed by atoms with Crippen molar-refractivity contribution < 1.29 is 9.13 Å². The standard InChI is InChI=1S/C24H25FN4O/c1-30-22-7-6-15(12-18(22)25)13-20-24-23(16-4-2-3-5-19(16)28-24)17-8-10-29(11-9-26)14-21(17)27-20/h2-7,12,28H,8-11,13-14,26H2,1H3. The van der Waals surface area contributed by atoms with Gasteiger partial charge in [0.25, 0.3) is 0 Å². The second-order valence-electron chi connectivity index (χ2n) is 7.86. The first kappa shape index (κ1) is 19.0. The summed E-state index contributed by atoms with van der Waals surface area (Å²) in [5.74, 6) is -0.0969. The van der Waals surface area contributed by atoms with Crippen LogP contribution < -0.4 is 10.5 Å². The van der Waals surface area contributed by atoms with Crippen LogP contribution in [0.3, 0.4) is 0 Å². The van der Waals surface area contributed by atoms with Crippen molar-refractivity contribution in [1.29, 1.82) is 0 Å². The van der Waals surface area contributed by atoms with Crippen molar-refractivity contribution in [2.45, 2.75) is 19.4 Å². The Hall–Kier alpha value is -2.96. The number of aromatic amines is 1. The monoisotopic (exact) mass is 404 g/mol. The van der Waals surface area contributed by atoms with Crippen molar-refractivity contribution in [2.24, 2.45) is 5.73 Å². The van der Waals surface area contributed by atoms with Gasteiger partial charge in [-0.2, -0.15) is 0 Å². The Bertz CT molecular complexity index is 1230. The molecular formula is C24H25FN4O. The number of para-hydroxylation sites is 1. The number of aromatic nitrogens is 2. The van der Waals surface area contributed by atoms with Gasteiger partial charge in [-0.3, -0.25) is 9.88 Å². The van der Waals surface area contributed by atoms with E-state index >= 15 is 0 Å². The molecule has 1 aliphatic rings. The van der Waals surface area contributed by atoms with Gasteiger partial charge in [-0.05, 0) is 35.7 Å². The number of benzene rings is 2. The number of nitrogens with one attached hydrogen (secondary N) is 1. The van der Waals surface area contributed by atoms with Gasteiger partial charge in [0.1, 0.15) is 0 Å². The molecule has 5 nitrogen and oxygen atoms in total. The fourth-order valence-electron chi connectivity index (χ4n) is 4.58. The van der Waals surface area contributed by atoms with Crippen LogP contribution in [-0.2, 0) is 19.4 Å². The number of hydrogen-bond acceptors (Lipinski definition) is 4. The van der Waals surface area contributed by atoms with Gasteiger partial charge in [0, 0.05) is 48.9 Å². The molecule has 154 valence electrons. The summed E-state index contributed by atoms with van der Waals surface area (Å²) in [5.41, 5.74) is 12.2. The minimum Gasteiger partial charge on any atom is -0.494 e. The summed E-state index contributed by atoms with van der Waals surface area (Å²) >= 11 is 0. The summed E-state index contributed by atoms with van der Waals surface area (Å²) in [4.78, 5) is 11.0. The average molecular weight is 404 g/mol. The van der Waals surface area contributed by atoms with Gasteiger partial charge < -0.3 is 15.5 Å². The molecule has 5 rings (SSSR count). The molecule has 0 radical (unpaired) electrons. The van der Waals surface area contributed by atoms with E-state index in [1.807, 2.05) is 12.1 Å². The molecule has 0 aliphatic carbocycles. The van der Waals surface area contributed by atoms with Crippen molar-refractivity contribution in [1.82, 2.24) is 14.9 Å². The Morgan fingerprint density at radius 2 is 2.10 bits per heavy atom. The Kier molecular flexibility index (Phi) is 4.89. The van der Waals surface area contributed by atoms with E-state index in [9.17, 15) is 4.39 Å². The summed E-state index contributed by atoms with van der Waals surface area (Å²) in [7, 11) is 1.48. The predicted octanol–water partition coefficient (Wildman–Crippen LogP) is 3.77. The van der Waals surface area contributed by atoms with E-state index in [4.69, 9.17) is 15.5 Å². The molecule has 3 N–H and O–H groups in total. The summed E-state index contributed by atoms with van der Waals surface area (Å²) in [6.07, 6.45) is 1.51. The number of hydrogen-bond donors (Lipinski definition) is 2. The highest BCUT2D eigenvalue weighted by Gasteiger charge is 2.23. The first-order valence-corrected chi connectivity index (χ1v) is 10.3. The Labute approximate surface area is 174 Å². The van der Waals surface area contributed by atoms with Crippen LogP contribution >= 0.6 is 0 Å². The first-order chi connectivity index (χ1) is 14.7. The van der Waals surface area contributed by atoms with Crippen molar-refractivity contribution in [2.75, 3.05) is 26.7 Å². The van der Waals surface area contributed by atoms with Crippen LogP contribution in [0.15, 0.2) is 42.5 Å². The quantitative estimate of drug-likeness (QED) is 0.531. The number of ether oxygens (including phenoxy) is 1. The minimum atomic E-state index is -0.352. The van der Waals surface area contributed by atoms with Crippen molar-refractivity contribution in [3.63, 3.8) is 0 Å². The van der Waals surface area contributed by atoms with E-state index in [0.29, 0.717) is 13.0 Å².